The Balaban J connectivity index is 2.72. The van der Waals surface area contributed by atoms with Crippen molar-refractivity contribution >= 4 is 29.3 Å². The summed E-state index contributed by atoms with van der Waals surface area (Å²) in [6.45, 7) is 5.90. The summed E-state index contributed by atoms with van der Waals surface area (Å²) < 4.78 is 0. The number of hydrogen-bond acceptors (Lipinski definition) is 2. The molecule has 0 aliphatic carbocycles. The molecule has 0 saturated carbocycles. The molecule has 0 spiro atoms. The van der Waals surface area contributed by atoms with Crippen LogP contribution < -0.4 is 10.6 Å². The summed E-state index contributed by atoms with van der Waals surface area (Å²) in [5.41, 5.74) is 0.451. The molecule has 0 bridgehead atoms. The number of carboxylic acids is 1. The van der Waals surface area contributed by atoms with E-state index in [1.807, 2.05) is 20.8 Å². The number of carbonyl (C=O) groups excluding carboxylic acids is 1. The first-order chi connectivity index (χ1) is 8.81. The second kappa shape index (κ2) is 6.43. The zero-order chi connectivity index (χ0) is 14.6. The third-order valence-corrected chi connectivity index (χ3v) is 3.14. The van der Waals surface area contributed by atoms with Gasteiger partial charge in [0.25, 0.3) is 0 Å². The molecule has 1 unspecified atom stereocenters. The van der Waals surface area contributed by atoms with Crippen LogP contribution in [0.25, 0.3) is 0 Å². The monoisotopic (exact) mass is 284 g/mol. The number of aromatic carboxylic acids is 1. The summed E-state index contributed by atoms with van der Waals surface area (Å²) in [4.78, 5) is 22.4. The Morgan fingerprint density at radius 3 is 2.37 bits per heavy atom. The molecule has 6 heteroatoms. The van der Waals surface area contributed by atoms with Gasteiger partial charge in [-0.15, -0.1) is 0 Å². The van der Waals surface area contributed by atoms with E-state index in [1.54, 1.807) is 0 Å². The molecule has 104 valence electrons. The molecule has 1 aromatic rings. The van der Waals surface area contributed by atoms with Gasteiger partial charge in [-0.25, -0.2) is 9.59 Å². The minimum atomic E-state index is -1.06. The number of anilines is 1. The molecule has 1 aromatic carbocycles. The quantitative estimate of drug-likeness (QED) is 0.794. The molecule has 0 heterocycles. The first-order valence-corrected chi connectivity index (χ1v) is 6.29. The van der Waals surface area contributed by atoms with Crippen LogP contribution in [-0.2, 0) is 0 Å². The summed E-state index contributed by atoms with van der Waals surface area (Å²) in [5, 5.41) is 14.3. The average molecular weight is 285 g/mol. The normalized spacial score (nSPS) is 12.1. The van der Waals surface area contributed by atoms with Crippen molar-refractivity contribution in [2.75, 3.05) is 5.32 Å². The van der Waals surface area contributed by atoms with Crippen LogP contribution in [-0.4, -0.2) is 23.1 Å². The van der Waals surface area contributed by atoms with Crippen molar-refractivity contribution in [1.29, 1.82) is 0 Å². The van der Waals surface area contributed by atoms with Crippen molar-refractivity contribution < 1.29 is 14.7 Å². The lowest BCUT2D eigenvalue weighted by Crippen LogP contribution is -2.39. The van der Waals surface area contributed by atoms with Crippen molar-refractivity contribution in [2.45, 2.75) is 26.8 Å². The van der Waals surface area contributed by atoms with Crippen LogP contribution in [0.3, 0.4) is 0 Å². The summed E-state index contributed by atoms with van der Waals surface area (Å²) in [6.07, 6.45) is 0. The van der Waals surface area contributed by atoms with Crippen LogP contribution in [0.5, 0.6) is 0 Å². The molecule has 0 aliphatic rings. The lowest BCUT2D eigenvalue weighted by Gasteiger charge is -2.18. The Hall–Kier alpha value is -1.75. The van der Waals surface area contributed by atoms with Crippen LogP contribution in [0.2, 0.25) is 5.02 Å². The molecular formula is C13H17ClN2O3. The maximum atomic E-state index is 11.7. The predicted octanol–water partition coefficient (Wildman–Crippen LogP) is 3.20. The third-order valence-electron chi connectivity index (χ3n) is 2.82. The van der Waals surface area contributed by atoms with Crippen molar-refractivity contribution in [3.63, 3.8) is 0 Å². The predicted molar refractivity (Wildman–Crippen MR) is 74.9 cm³/mol. The van der Waals surface area contributed by atoms with E-state index in [2.05, 4.69) is 10.6 Å². The van der Waals surface area contributed by atoms with Gasteiger partial charge in [0.05, 0.1) is 16.3 Å². The third kappa shape index (κ3) is 4.44. The van der Waals surface area contributed by atoms with Gasteiger partial charge in [0.1, 0.15) is 0 Å². The number of amides is 2. The fraction of sp³-hybridized carbons (Fsp3) is 0.385. The molecule has 0 aliphatic heterocycles. The van der Waals surface area contributed by atoms with Gasteiger partial charge in [-0.3, -0.25) is 0 Å². The molecular weight excluding hydrogens is 268 g/mol. The van der Waals surface area contributed by atoms with E-state index >= 15 is 0 Å². The fourth-order valence-corrected chi connectivity index (χ4v) is 1.51. The molecule has 1 rings (SSSR count). The number of nitrogens with one attached hydrogen (secondary N) is 2. The molecule has 3 N–H and O–H groups in total. The van der Waals surface area contributed by atoms with Crippen molar-refractivity contribution in [3.05, 3.63) is 28.8 Å². The van der Waals surface area contributed by atoms with Crippen molar-refractivity contribution in [3.8, 4) is 0 Å². The molecule has 2 amide bonds. The van der Waals surface area contributed by atoms with E-state index < -0.39 is 5.97 Å². The van der Waals surface area contributed by atoms with Crippen LogP contribution in [0.4, 0.5) is 10.5 Å². The Labute approximate surface area is 117 Å². The molecule has 19 heavy (non-hydrogen) atoms. The first kappa shape index (κ1) is 15.3. The number of benzene rings is 1. The van der Waals surface area contributed by atoms with Gasteiger partial charge in [-0.2, -0.15) is 0 Å². The lowest BCUT2D eigenvalue weighted by atomic mass is 10.1. The topological polar surface area (TPSA) is 78.4 Å². The summed E-state index contributed by atoms with van der Waals surface area (Å²) in [7, 11) is 0. The summed E-state index contributed by atoms with van der Waals surface area (Å²) in [5.74, 6) is -0.748. The number of halogens is 1. The van der Waals surface area contributed by atoms with Gasteiger partial charge >= 0.3 is 12.0 Å². The van der Waals surface area contributed by atoms with E-state index in [0.717, 1.165) is 0 Å². The van der Waals surface area contributed by atoms with Crippen LogP contribution in [0.1, 0.15) is 31.1 Å². The number of rotatable bonds is 4. The van der Waals surface area contributed by atoms with E-state index in [1.165, 1.54) is 18.2 Å². The van der Waals surface area contributed by atoms with Gasteiger partial charge in [0.2, 0.25) is 0 Å². The van der Waals surface area contributed by atoms with E-state index in [0.29, 0.717) is 11.6 Å². The number of carbonyl (C=O) groups is 2. The highest BCUT2D eigenvalue weighted by Gasteiger charge is 2.13. The smallest absolute Gasteiger partial charge is 0.335 e. The molecule has 5 nitrogen and oxygen atoms in total. The summed E-state index contributed by atoms with van der Waals surface area (Å²) >= 11 is 5.91. The van der Waals surface area contributed by atoms with Crippen LogP contribution >= 0.6 is 11.6 Å². The zero-order valence-corrected chi connectivity index (χ0v) is 11.8. The van der Waals surface area contributed by atoms with E-state index in [-0.39, 0.29) is 22.7 Å². The highest BCUT2D eigenvalue weighted by molar-refractivity contribution is 6.34. The van der Waals surface area contributed by atoms with Crippen LogP contribution in [0.15, 0.2) is 18.2 Å². The minimum absolute atomic E-state index is 0.0251. The number of urea groups is 1. The Morgan fingerprint density at radius 1 is 1.26 bits per heavy atom. The Morgan fingerprint density at radius 2 is 1.89 bits per heavy atom. The highest BCUT2D eigenvalue weighted by atomic mass is 35.5. The Bertz CT molecular complexity index is 489. The SMILES string of the molecule is CC(C)C(C)NC(=O)Nc1ccc(C(=O)O)cc1Cl. The molecule has 0 radical (unpaired) electrons. The maximum Gasteiger partial charge on any atom is 0.335 e. The second-order valence-corrected chi connectivity index (χ2v) is 5.04. The molecule has 0 aromatic heterocycles. The van der Waals surface area contributed by atoms with E-state index in [4.69, 9.17) is 16.7 Å². The first-order valence-electron chi connectivity index (χ1n) is 5.91. The minimum Gasteiger partial charge on any atom is -0.478 e. The van der Waals surface area contributed by atoms with Crippen molar-refractivity contribution in [2.24, 2.45) is 5.92 Å². The lowest BCUT2D eigenvalue weighted by molar-refractivity contribution is 0.0697. The standard InChI is InChI=1S/C13H17ClN2O3/c1-7(2)8(3)15-13(19)16-11-5-4-9(12(17)18)6-10(11)14/h4-8H,1-3H3,(H,17,18)(H2,15,16,19). The zero-order valence-electron chi connectivity index (χ0n) is 11.0. The van der Waals surface area contributed by atoms with Gasteiger partial charge in [-0.1, -0.05) is 25.4 Å². The van der Waals surface area contributed by atoms with Gasteiger partial charge in [0.15, 0.2) is 0 Å². The highest BCUT2D eigenvalue weighted by Crippen LogP contribution is 2.23. The molecule has 0 saturated heterocycles. The molecule has 1 atom stereocenters. The van der Waals surface area contributed by atoms with Gasteiger partial charge in [-0.05, 0) is 31.0 Å². The van der Waals surface area contributed by atoms with Crippen molar-refractivity contribution in [1.82, 2.24) is 5.32 Å². The van der Waals surface area contributed by atoms with Gasteiger partial charge < -0.3 is 15.7 Å². The largest absolute Gasteiger partial charge is 0.478 e. The average Bonchev–Trinajstić information content (AvgIpc) is 2.31. The molecule has 0 fully saturated rings. The van der Waals surface area contributed by atoms with Gasteiger partial charge in [0, 0.05) is 6.04 Å². The fourth-order valence-electron chi connectivity index (χ4n) is 1.28. The Kier molecular flexibility index (Phi) is 5.18. The summed E-state index contributed by atoms with van der Waals surface area (Å²) in [6, 6.07) is 3.80. The van der Waals surface area contributed by atoms with Crippen LogP contribution in [0, 0.1) is 5.92 Å². The number of carboxylic acid groups (broad SMARTS) is 1. The second-order valence-electron chi connectivity index (χ2n) is 4.63. The number of hydrogen-bond donors (Lipinski definition) is 3. The van der Waals surface area contributed by atoms with E-state index in [9.17, 15) is 9.59 Å². The maximum absolute atomic E-state index is 11.7.